The second-order valence-electron chi connectivity index (χ2n) is 7.47. The summed E-state index contributed by atoms with van der Waals surface area (Å²) in [6.07, 6.45) is 5.62. The summed E-state index contributed by atoms with van der Waals surface area (Å²) >= 11 is 0. The van der Waals surface area contributed by atoms with Crippen LogP contribution in [0.15, 0.2) is 24.3 Å². The highest BCUT2D eigenvalue weighted by Crippen LogP contribution is 2.31. The molecule has 0 spiro atoms. The highest BCUT2D eigenvalue weighted by atomic mass is 16.5. The molecule has 0 N–H and O–H groups in total. The van der Waals surface area contributed by atoms with Crippen molar-refractivity contribution in [2.24, 2.45) is 5.92 Å². The fourth-order valence-corrected chi connectivity index (χ4v) is 4.26. The Kier molecular flexibility index (Phi) is 7.14. The lowest BCUT2D eigenvalue weighted by Gasteiger charge is -2.46. The molecule has 2 saturated heterocycles. The molecule has 0 radical (unpaired) electrons. The molecule has 2 aliphatic heterocycles. The normalized spacial score (nSPS) is 22.0. The minimum Gasteiger partial charge on any atom is -0.493 e. The number of carbonyl (C=O) groups excluding carboxylic acids is 2. The maximum Gasteiger partial charge on any atom is 0.246 e. The van der Waals surface area contributed by atoms with Gasteiger partial charge in [-0.3, -0.25) is 9.59 Å². The van der Waals surface area contributed by atoms with Crippen LogP contribution in [0.25, 0.3) is 6.08 Å². The second-order valence-corrected chi connectivity index (χ2v) is 7.47. The van der Waals surface area contributed by atoms with E-state index in [-0.39, 0.29) is 17.9 Å². The van der Waals surface area contributed by atoms with E-state index < -0.39 is 0 Å². The van der Waals surface area contributed by atoms with Gasteiger partial charge in [0.15, 0.2) is 11.5 Å². The molecule has 29 heavy (non-hydrogen) atoms. The Morgan fingerprint density at radius 1 is 1.17 bits per heavy atom. The maximum atomic E-state index is 12.7. The lowest BCUT2D eigenvalue weighted by Crippen LogP contribution is -2.57. The van der Waals surface area contributed by atoms with E-state index in [2.05, 4.69) is 0 Å². The molecule has 2 heterocycles. The van der Waals surface area contributed by atoms with E-state index in [0.717, 1.165) is 18.4 Å². The van der Waals surface area contributed by atoms with Gasteiger partial charge >= 0.3 is 0 Å². The molecule has 0 saturated carbocycles. The molecule has 1 aromatic carbocycles. The number of likely N-dealkylation sites (tertiary alicyclic amines) is 2. The first-order valence-electron chi connectivity index (χ1n) is 10.0. The minimum absolute atomic E-state index is 0.00132. The standard InChI is InChI=1S/C22H30N2O5/c1-27-13-12-24-18-10-11-23(15-17(18)6-9-22(24)26)21(25)8-5-16-4-7-19(28-2)20(14-16)29-3/h4-5,7-8,14,17-18H,6,9-13,15H2,1-3H3/b8-5+/t17-,18+/m0/s1. The molecule has 0 aromatic heterocycles. The highest BCUT2D eigenvalue weighted by molar-refractivity contribution is 5.92. The SMILES string of the molecule is COCCN1C(=O)CC[C@H]2CN(C(=O)/C=C/c3ccc(OC)c(OC)c3)CC[C@H]21. The maximum absolute atomic E-state index is 12.7. The van der Waals surface area contributed by atoms with Gasteiger partial charge in [-0.15, -0.1) is 0 Å². The van der Waals surface area contributed by atoms with Crippen LogP contribution in [0.4, 0.5) is 0 Å². The van der Waals surface area contributed by atoms with E-state index in [1.165, 1.54) is 0 Å². The van der Waals surface area contributed by atoms with Crippen LogP contribution in [0.2, 0.25) is 0 Å². The van der Waals surface area contributed by atoms with E-state index in [4.69, 9.17) is 14.2 Å². The van der Waals surface area contributed by atoms with Crippen LogP contribution < -0.4 is 9.47 Å². The Morgan fingerprint density at radius 2 is 1.97 bits per heavy atom. The fourth-order valence-electron chi connectivity index (χ4n) is 4.26. The number of ether oxygens (including phenoxy) is 3. The highest BCUT2D eigenvalue weighted by Gasteiger charge is 2.39. The monoisotopic (exact) mass is 402 g/mol. The average molecular weight is 402 g/mol. The van der Waals surface area contributed by atoms with Crippen LogP contribution in [0.5, 0.6) is 11.5 Å². The zero-order chi connectivity index (χ0) is 20.8. The van der Waals surface area contributed by atoms with Gasteiger partial charge in [-0.1, -0.05) is 6.07 Å². The number of fused-ring (bicyclic) bond motifs is 1. The number of amides is 2. The van der Waals surface area contributed by atoms with Crippen molar-refractivity contribution in [1.29, 1.82) is 0 Å². The summed E-state index contributed by atoms with van der Waals surface area (Å²) in [6, 6.07) is 5.76. The average Bonchev–Trinajstić information content (AvgIpc) is 2.76. The quantitative estimate of drug-likeness (QED) is 0.654. The van der Waals surface area contributed by atoms with E-state index in [9.17, 15) is 9.59 Å². The minimum atomic E-state index is -0.00132. The topological polar surface area (TPSA) is 68.3 Å². The van der Waals surface area contributed by atoms with Crippen molar-refractivity contribution in [1.82, 2.24) is 9.80 Å². The summed E-state index contributed by atoms with van der Waals surface area (Å²) < 4.78 is 15.7. The van der Waals surface area contributed by atoms with Crippen molar-refractivity contribution in [2.75, 3.05) is 47.6 Å². The fraction of sp³-hybridized carbons (Fsp3) is 0.545. The van der Waals surface area contributed by atoms with Crippen molar-refractivity contribution in [3.8, 4) is 11.5 Å². The number of benzene rings is 1. The van der Waals surface area contributed by atoms with Gasteiger partial charge in [0.2, 0.25) is 11.8 Å². The van der Waals surface area contributed by atoms with Gasteiger partial charge in [-0.2, -0.15) is 0 Å². The van der Waals surface area contributed by atoms with Gasteiger partial charge in [0.25, 0.3) is 0 Å². The third-order valence-electron chi connectivity index (χ3n) is 5.82. The summed E-state index contributed by atoms with van der Waals surface area (Å²) in [7, 11) is 4.83. The summed E-state index contributed by atoms with van der Waals surface area (Å²) in [5.41, 5.74) is 0.875. The zero-order valence-electron chi connectivity index (χ0n) is 17.4. The summed E-state index contributed by atoms with van der Waals surface area (Å²) in [5, 5.41) is 0. The molecule has 158 valence electrons. The Balaban J connectivity index is 1.62. The van der Waals surface area contributed by atoms with Gasteiger partial charge in [0, 0.05) is 45.3 Å². The molecule has 2 atom stereocenters. The number of rotatable bonds is 7. The van der Waals surface area contributed by atoms with Gasteiger partial charge in [-0.25, -0.2) is 0 Å². The molecule has 7 nitrogen and oxygen atoms in total. The first kappa shape index (κ1) is 21.2. The number of carbonyl (C=O) groups is 2. The molecule has 7 heteroatoms. The van der Waals surface area contributed by atoms with Crippen molar-refractivity contribution in [3.05, 3.63) is 29.8 Å². The second kappa shape index (κ2) is 9.78. The van der Waals surface area contributed by atoms with E-state index in [1.807, 2.05) is 28.0 Å². The third-order valence-corrected chi connectivity index (χ3v) is 5.82. The van der Waals surface area contributed by atoms with Crippen LogP contribution in [0, 0.1) is 5.92 Å². The smallest absolute Gasteiger partial charge is 0.246 e. The van der Waals surface area contributed by atoms with Crippen molar-refractivity contribution >= 4 is 17.9 Å². The van der Waals surface area contributed by atoms with Gasteiger partial charge in [-0.05, 0) is 42.5 Å². The summed E-state index contributed by atoms with van der Waals surface area (Å²) in [6.45, 7) is 2.53. The molecule has 2 aliphatic rings. The van der Waals surface area contributed by atoms with Crippen LogP contribution in [-0.4, -0.2) is 75.2 Å². The predicted molar refractivity (Wildman–Crippen MR) is 110 cm³/mol. The van der Waals surface area contributed by atoms with E-state index in [0.29, 0.717) is 50.1 Å². The van der Waals surface area contributed by atoms with Crippen LogP contribution in [-0.2, 0) is 14.3 Å². The number of nitrogens with zero attached hydrogens (tertiary/aromatic N) is 2. The number of hydrogen-bond donors (Lipinski definition) is 0. The van der Waals surface area contributed by atoms with Crippen LogP contribution in [0.1, 0.15) is 24.8 Å². The molecule has 2 fully saturated rings. The van der Waals surface area contributed by atoms with Crippen molar-refractivity contribution < 1.29 is 23.8 Å². The molecular weight excluding hydrogens is 372 g/mol. The summed E-state index contributed by atoms with van der Waals surface area (Å²) in [5.74, 6) is 1.82. The van der Waals surface area contributed by atoms with Crippen LogP contribution >= 0.6 is 0 Å². The lowest BCUT2D eigenvalue weighted by atomic mass is 9.83. The Bertz CT molecular complexity index is 764. The molecular formula is C22H30N2O5. The Hall–Kier alpha value is -2.54. The predicted octanol–water partition coefficient (Wildman–Crippen LogP) is 2.20. The number of piperidine rings is 2. The van der Waals surface area contributed by atoms with E-state index >= 15 is 0 Å². The molecule has 0 bridgehead atoms. The Morgan fingerprint density at radius 3 is 2.69 bits per heavy atom. The largest absolute Gasteiger partial charge is 0.493 e. The van der Waals surface area contributed by atoms with Gasteiger partial charge in [0.05, 0.1) is 20.8 Å². The van der Waals surface area contributed by atoms with Gasteiger partial charge in [0.1, 0.15) is 0 Å². The molecule has 2 amide bonds. The number of hydrogen-bond acceptors (Lipinski definition) is 5. The zero-order valence-corrected chi connectivity index (χ0v) is 17.4. The van der Waals surface area contributed by atoms with Crippen molar-refractivity contribution in [2.45, 2.75) is 25.3 Å². The van der Waals surface area contributed by atoms with Gasteiger partial charge < -0.3 is 24.0 Å². The van der Waals surface area contributed by atoms with Crippen LogP contribution in [0.3, 0.4) is 0 Å². The molecule has 0 aliphatic carbocycles. The lowest BCUT2D eigenvalue weighted by molar-refractivity contribution is -0.143. The third kappa shape index (κ3) is 4.90. The molecule has 1 aromatic rings. The Labute approximate surface area is 172 Å². The first-order valence-corrected chi connectivity index (χ1v) is 10.0. The number of methoxy groups -OCH3 is 3. The van der Waals surface area contributed by atoms with Crippen molar-refractivity contribution in [3.63, 3.8) is 0 Å². The molecule has 3 rings (SSSR count). The first-order chi connectivity index (χ1) is 14.1. The summed E-state index contributed by atoms with van der Waals surface area (Å²) in [4.78, 5) is 28.9. The van der Waals surface area contributed by atoms with E-state index in [1.54, 1.807) is 33.5 Å². The molecule has 0 unspecified atom stereocenters.